The summed E-state index contributed by atoms with van der Waals surface area (Å²) < 4.78 is 5.51. The summed E-state index contributed by atoms with van der Waals surface area (Å²) in [5, 5.41) is 0. The summed E-state index contributed by atoms with van der Waals surface area (Å²) in [6.45, 7) is 4.42. The standard InChI is InChI=1S/C11H15BrN2O2S/c1-7(2)14(5-3-9(13)17)11(15)8-4-6-16-10(8)12/h4,6-7H,3,5H2,1-2H3,(H2,13,17). The summed E-state index contributed by atoms with van der Waals surface area (Å²) in [7, 11) is 0. The third-order valence-corrected chi connectivity index (χ3v) is 3.15. The lowest BCUT2D eigenvalue weighted by atomic mass is 10.2. The van der Waals surface area contributed by atoms with Gasteiger partial charge in [-0.3, -0.25) is 4.79 Å². The van der Waals surface area contributed by atoms with E-state index in [-0.39, 0.29) is 11.9 Å². The van der Waals surface area contributed by atoms with Crippen molar-refractivity contribution in [3.05, 3.63) is 22.6 Å². The molecule has 1 aromatic rings. The van der Waals surface area contributed by atoms with Gasteiger partial charge < -0.3 is 15.1 Å². The van der Waals surface area contributed by atoms with E-state index in [4.69, 9.17) is 22.4 Å². The first kappa shape index (κ1) is 14.2. The second kappa shape index (κ2) is 6.16. The molecule has 0 bridgehead atoms. The van der Waals surface area contributed by atoms with Crippen LogP contribution in [0.1, 0.15) is 30.6 Å². The van der Waals surface area contributed by atoms with Gasteiger partial charge in [0.2, 0.25) is 0 Å². The molecule has 1 aromatic heterocycles. The Kier molecular flexibility index (Phi) is 5.14. The van der Waals surface area contributed by atoms with Crippen molar-refractivity contribution in [3.63, 3.8) is 0 Å². The average molecular weight is 319 g/mol. The fourth-order valence-electron chi connectivity index (χ4n) is 1.43. The quantitative estimate of drug-likeness (QED) is 0.848. The van der Waals surface area contributed by atoms with Gasteiger partial charge in [0.05, 0.1) is 16.8 Å². The SMILES string of the molecule is CC(C)N(CCC(N)=S)C(=O)c1ccoc1Br. The van der Waals surface area contributed by atoms with Crippen molar-refractivity contribution < 1.29 is 9.21 Å². The minimum absolute atomic E-state index is 0.0821. The monoisotopic (exact) mass is 318 g/mol. The van der Waals surface area contributed by atoms with E-state index in [9.17, 15) is 4.79 Å². The molecule has 0 saturated carbocycles. The Morgan fingerprint density at radius 3 is 2.71 bits per heavy atom. The number of furan rings is 1. The van der Waals surface area contributed by atoms with Gasteiger partial charge in [0.1, 0.15) is 0 Å². The number of amides is 1. The molecular formula is C11H15BrN2O2S. The molecule has 4 nitrogen and oxygen atoms in total. The second-order valence-electron chi connectivity index (χ2n) is 3.92. The summed E-state index contributed by atoms with van der Waals surface area (Å²) in [5.41, 5.74) is 5.97. The molecule has 1 heterocycles. The molecule has 0 aromatic carbocycles. The summed E-state index contributed by atoms with van der Waals surface area (Å²) in [4.78, 5) is 14.4. The average Bonchev–Trinajstić information content (AvgIpc) is 2.63. The highest BCUT2D eigenvalue weighted by atomic mass is 79.9. The molecule has 6 heteroatoms. The Morgan fingerprint density at radius 2 is 2.29 bits per heavy atom. The molecule has 0 atom stereocenters. The number of thiocarbonyl (C=S) groups is 1. The molecular weight excluding hydrogens is 304 g/mol. The topological polar surface area (TPSA) is 59.5 Å². The largest absolute Gasteiger partial charge is 0.457 e. The first-order valence-electron chi connectivity index (χ1n) is 5.25. The lowest BCUT2D eigenvalue weighted by Gasteiger charge is -2.26. The van der Waals surface area contributed by atoms with Crippen LogP contribution in [-0.2, 0) is 0 Å². The Balaban J connectivity index is 2.81. The lowest BCUT2D eigenvalue weighted by molar-refractivity contribution is 0.0709. The summed E-state index contributed by atoms with van der Waals surface area (Å²) >= 11 is 8.02. The van der Waals surface area contributed by atoms with Gasteiger partial charge >= 0.3 is 0 Å². The molecule has 0 aliphatic carbocycles. The van der Waals surface area contributed by atoms with Crippen LogP contribution in [0.25, 0.3) is 0 Å². The predicted octanol–water partition coefficient (Wildman–Crippen LogP) is 2.57. The number of nitrogens with two attached hydrogens (primary N) is 1. The molecule has 94 valence electrons. The Bertz CT molecular complexity index is 417. The number of rotatable bonds is 5. The maximum atomic E-state index is 12.2. The molecule has 17 heavy (non-hydrogen) atoms. The summed E-state index contributed by atoms with van der Waals surface area (Å²) in [5.74, 6) is -0.0862. The fraction of sp³-hybridized carbons (Fsp3) is 0.455. The number of halogens is 1. The maximum Gasteiger partial charge on any atom is 0.258 e. The molecule has 0 radical (unpaired) electrons. The number of hydrogen-bond acceptors (Lipinski definition) is 3. The summed E-state index contributed by atoms with van der Waals surface area (Å²) in [6, 6.07) is 1.72. The molecule has 0 saturated heterocycles. The lowest BCUT2D eigenvalue weighted by Crippen LogP contribution is -2.38. The zero-order valence-corrected chi connectivity index (χ0v) is 12.2. The number of carbonyl (C=O) groups is 1. The van der Waals surface area contributed by atoms with Crippen molar-refractivity contribution in [1.82, 2.24) is 4.90 Å². The van der Waals surface area contributed by atoms with Crippen LogP contribution in [0, 0.1) is 0 Å². The Morgan fingerprint density at radius 1 is 1.65 bits per heavy atom. The number of hydrogen-bond donors (Lipinski definition) is 1. The molecule has 0 spiro atoms. The highest BCUT2D eigenvalue weighted by Crippen LogP contribution is 2.20. The van der Waals surface area contributed by atoms with Crippen LogP contribution in [0.2, 0.25) is 0 Å². The van der Waals surface area contributed by atoms with Crippen LogP contribution in [0.3, 0.4) is 0 Å². The van der Waals surface area contributed by atoms with Gasteiger partial charge in [-0.2, -0.15) is 0 Å². The second-order valence-corrected chi connectivity index (χ2v) is 5.16. The smallest absolute Gasteiger partial charge is 0.258 e. The first-order chi connectivity index (χ1) is 7.93. The van der Waals surface area contributed by atoms with Crippen molar-refractivity contribution in [1.29, 1.82) is 0 Å². The molecule has 1 rings (SSSR count). The van der Waals surface area contributed by atoms with E-state index in [0.717, 1.165) is 0 Å². The number of carbonyl (C=O) groups excluding carboxylic acids is 1. The van der Waals surface area contributed by atoms with Gasteiger partial charge in [0, 0.05) is 19.0 Å². The molecule has 0 aliphatic rings. The van der Waals surface area contributed by atoms with E-state index in [1.807, 2.05) is 13.8 Å². The van der Waals surface area contributed by atoms with Crippen molar-refractivity contribution in [3.8, 4) is 0 Å². The zero-order valence-electron chi connectivity index (χ0n) is 9.77. The molecule has 2 N–H and O–H groups in total. The summed E-state index contributed by atoms with van der Waals surface area (Å²) in [6.07, 6.45) is 2.00. The van der Waals surface area contributed by atoms with Gasteiger partial charge in [0.25, 0.3) is 5.91 Å². The van der Waals surface area contributed by atoms with Gasteiger partial charge in [0.15, 0.2) is 4.67 Å². The van der Waals surface area contributed by atoms with E-state index >= 15 is 0 Å². The van der Waals surface area contributed by atoms with Gasteiger partial charge in [-0.1, -0.05) is 12.2 Å². The van der Waals surface area contributed by atoms with Crippen molar-refractivity contribution in [2.24, 2.45) is 5.73 Å². The normalized spacial score (nSPS) is 10.6. The predicted molar refractivity (Wildman–Crippen MR) is 74.0 cm³/mol. The van der Waals surface area contributed by atoms with Crippen molar-refractivity contribution in [2.45, 2.75) is 26.3 Å². The van der Waals surface area contributed by atoms with E-state index < -0.39 is 0 Å². The van der Waals surface area contributed by atoms with E-state index in [1.165, 1.54) is 6.26 Å². The minimum atomic E-state index is -0.0862. The third-order valence-electron chi connectivity index (χ3n) is 2.33. The Hall–Kier alpha value is -0.880. The highest BCUT2D eigenvalue weighted by Gasteiger charge is 2.22. The van der Waals surface area contributed by atoms with Crippen LogP contribution in [-0.4, -0.2) is 28.4 Å². The molecule has 0 fully saturated rings. The zero-order chi connectivity index (χ0) is 13.0. The maximum absolute atomic E-state index is 12.2. The van der Waals surface area contributed by atoms with Crippen LogP contribution in [0.15, 0.2) is 21.4 Å². The van der Waals surface area contributed by atoms with Crippen LogP contribution in [0.4, 0.5) is 0 Å². The van der Waals surface area contributed by atoms with Crippen molar-refractivity contribution >= 4 is 39.0 Å². The van der Waals surface area contributed by atoms with Crippen molar-refractivity contribution in [2.75, 3.05) is 6.54 Å². The highest BCUT2D eigenvalue weighted by molar-refractivity contribution is 9.10. The third kappa shape index (κ3) is 3.81. The van der Waals surface area contributed by atoms with Gasteiger partial charge in [-0.25, -0.2) is 0 Å². The van der Waals surface area contributed by atoms with Gasteiger partial charge in [-0.05, 0) is 35.8 Å². The minimum Gasteiger partial charge on any atom is -0.457 e. The van der Waals surface area contributed by atoms with Gasteiger partial charge in [-0.15, -0.1) is 0 Å². The fourth-order valence-corrected chi connectivity index (χ4v) is 1.93. The molecule has 0 aliphatic heterocycles. The van der Waals surface area contributed by atoms with Crippen LogP contribution in [0.5, 0.6) is 0 Å². The van der Waals surface area contributed by atoms with E-state index in [2.05, 4.69) is 15.9 Å². The number of nitrogens with zero attached hydrogens (tertiary/aromatic N) is 1. The molecule has 0 unspecified atom stereocenters. The van der Waals surface area contributed by atoms with Crippen LogP contribution >= 0.6 is 28.1 Å². The van der Waals surface area contributed by atoms with Crippen LogP contribution < -0.4 is 5.73 Å². The van der Waals surface area contributed by atoms with E-state index in [0.29, 0.717) is 28.2 Å². The first-order valence-corrected chi connectivity index (χ1v) is 6.46. The molecule has 1 amide bonds. The Labute approximate surface area is 114 Å². The van der Waals surface area contributed by atoms with E-state index in [1.54, 1.807) is 11.0 Å².